The Hall–Kier alpha value is -1.47. The van der Waals surface area contributed by atoms with Crippen molar-refractivity contribution in [3.8, 4) is 0 Å². The van der Waals surface area contributed by atoms with E-state index in [2.05, 4.69) is 34.2 Å². The SMILES string of the molecule is CCN(CC)Cc1nc(C2(NC(=O)C(C)N)CCCC2)no1. The fourth-order valence-electron chi connectivity index (χ4n) is 2.88. The molecule has 1 atom stereocenters. The molecule has 7 heteroatoms. The van der Waals surface area contributed by atoms with Crippen molar-refractivity contribution in [1.82, 2.24) is 20.4 Å². The third kappa shape index (κ3) is 3.64. The summed E-state index contributed by atoms with van der Waals surface area (Å²) in [5.74, 6) is 1.01. The van der Waals surface area contributed by atoms with Crippen LogP contribution in [0.15, 0.2) is 4.52 Å². The molecule has 22 heavy (non-hydrogen) atoms. The van der Waals surface area contributed by atoms with E-state index in [9.17, 15) is 4.79 Å². The molecule has 1 aromatic rings. The number of hydrogen-bond donors (Lipinski definition) is 2. The minimum absolute atomic E-state index is 0.169. The van der Waals surface area contributed by atoms with Crippen molar-refractivity contribution in [1.29, 1.82) is 0 Å². The predicted octanol–water partition coefficient (Wildman–Crippen LogP) is 1.14. The van der Waals surface area contributed by atoms with Crippen LogP contribution >= 0.6 is 0 Å². The lowest BCUT2D eigenvalue weighted by Gasteiger charge is -2.27. The number of aromatic nitrogens is 2. The summed E-state index contributed by atoms with van der Waals surface area (Å²) < 4.78 is 5.39. The zero-order valence-corrected chi connectivity index (χ0v) is 13.8. The number of carbonyl (C=O) groups excluding carboxylic acids is 1. The van der Waals surface area contributed by atoms with E-state index >= 15 is 0 Å². The van der Waals surface area contributed by atoms with Gasteiger partial charge in [-0.2, -0.15) is 4.98 Å². The van der Waals surface area contributed by atoms with E-state index < -0.39 is 11.6 Å². The van der Waals surface area contributed by atoms with Gasteiger partial charge < -0.3 is 15.6 Å². The van der Waals surface area contributed by atoms with Gasteiger partial charge in [-0.3, -0.25) is 9.69 Å². The van der Waals surface area contributed by atoms with Crippen LogP contribution in [0.2, 0.25) is 0 Å². The first kappa shape index (κ1) is 16.9. The Morgan fingerprint density at radius 1 is 1.41 bits per heavy atom. The van der Waals surface area contributed by atoms with Gasteiger partial charge in [-0.05, 0) is 32.9 Å². The summed E-state index contributed by atoms with van der Waals surface area (Å²) in [5, 5.41) is 7.18. The van der Waals surface area contributed by atoms with E-state index in [0.717, 1.165) is 38.8 Å². The summed E-state index contributed by atoms with van der Waals surface area (Å²) in [7, 11) is 0. The van der Waals surface area contributed by atoms with Crippen molar-refractivity contribution in [2.75, 3.05) is 13.1 Å². The average molecular weight is 309 g/mol. The van der Waals surface area contributed by atoms with Gasteiger partial charge in [-0.25, -0.2) is 0 Å². The zero-order valence-electron chi connectivity index (χ0n) is 13.8. The molecular formula is C15H27N5O2. The standard InChI is InChI=1S/C15H27N5O2/c1-4-20(5-2)10-12-17-14(19-22-12)15(8-6-7-9-15)18-13(21)11(3)16/h11H,4-10,16H2,1-3H3,(H,18,21). The molecule has 1 amide bonds. The van der Waals surface area contributed by atoms with Crippen LogP contribution in [-0.4, -0.2) is 40.1 Å². The van der Waals surface area contributed by atoms with Crippen molar-refractivity contribution in [3.05, 3.63) is 11.7 Å². The average Bonchev–Trinajstić information content (AvgIpc) is 3.14. The van der Waals surface area contributed by atoms with Gasteiger partial charge in [0.15, 0.2) is 5.82 Å². The van der Waals surface area contributed by atoms with Crippen LogP contribution in [0.3, 0.4) is 0 Å². The van der Waals surface area contributed by atoms with Crippen LogP contribution in [0.1, 0.15) is 58.2 Å². The lowest BCUT2D eigenvalue weighted by Crippen LogP contribution is -2.50. The second-order valence-corrected chi connectivity index (χ2v) is 6.04. The second kappa shape index (κ2) is 7.19. The van der Waals surface area contributed by atoms with Gasteiger partial charge in [0.2, 0.25) is 11.8 Å². The van der Waals surface area contributed by atoms with Gasteiger partial charge >= 0.3 is 0 Å². The summed E-state index contributed by atoms with van der Waals surface area (Å²) in [5.41, 5.74) is 5.16. The van der Waals surface area contributed by atoms with Crippen molar-refractivity contribution >= 4 is 5.91 Å². The maximum absolute atomic E-state index is 12.0. The summed E-state index contributed by atoms with van der Waals surface area (Å²) in [6.45, 7) is 8.38. The van der Waals surface area contributed by atoms with Crippen molar-refractivity contribution in [2.45, 2.75) is 64.6 Å². The molecular weight excluding hydrogens is 282 g/mol. The van der Waals surface area contributed by atoms with E-state index in [1.807, 2.05) is 0 Å². The van der Waals surface area contributed by atoms with Gasteiger partial charge in [-0.15, -0.1) is 0 Å². The number of hydrogen-bond acceptors (Lipinski definition) is 6. The summed E-state index contributed by atoms with van der Waals surface area (Å²) in [6, 6.07) is -0.542. The maximum atomic E-state index is 12.0. The quantitative estimate of drug-likeness (QED) is 0.784. The zero-order chi connectivity index (χ0) is 16.2. The molecule has 1 aromatic heterocycles. The first-order valence-electron chi connectivity index (χ1n) is 8.13. The highest BCUT2D eigenvalue weighted by Gasteiger charge is 2.41. The van der Waals surface area contributed by atoms with Crippen LogP contribution in [0.5, 0.6) is 0 Å². The maximum Gasteiger partial charge on any atom is 0.240 e. The van der Waals surface area contributed by atoms with Gasteiger partial charge in [-0.1, -0.05) is 31.8 Å². The Labute approximate surface area is 131 Å². The van der Waals surface area contributed by atoms with E-state index in [-0.39, 0.29) is 5.91 Å². The predicted molar refractivity (Wildman–Crippen MR) is 82.9 cm³/mol. The third-order valence-electron chi connectivity index (χ3n) is 4.38. The minimum Gasteiger partial charge on any atom is -0.342 e. The van der Waals surface area contributed by atoms with Gasteiger partial charge in [0.25, 0.3) is 0 Å². The smallest absolute Gasteiger partial charge is 0.240 e. The molecule has 1 aliphatic carbocycles. The van der Waals surface area contributed by atoms with E-state index in [4.69, 9.17) is 10.3 Å². The summed E-state index contributed by atoms with van der Waals surface area (Å²) in [6.07, 6.45) is 3.74. The molecule has 0 spiro atoms. The molecule has 7 nitrogen and oxygen atoms in total. The number of nitrogens with two attached hydrogens (primary N) is 1. The molecule has 0 radical (unpaired) electrons. The van der Waals surface area contributed by atoms with Crippen LogP contribution < -0.4 is 11.1 Å². The Morgan fingerprint density at radius 3 is 2.59 bits per heavy atom. The topological polar surface area (TPSA) is 97.3 Å². The number of rotatable bonds is 7. The highest BCUT2D eigenvalue weighted by Crippen LogP contribution is 2.37. The Balaban J connectivity index is 2.16. The van der Waals surface area contributed by atoms with Gasteiger partial charge in [0.05, 0.1) is 12.6 Å². The van der Waals surface area contributed by atoms with Gasteiger partial charge in [0, 0.05) is 0 Å². The fourth-order valence-corrected chi connectivity index (χ4v) is 2.88. The first-order valence-corrected chi connectivity index (χ1v) is 8.13. The third-order valence-corrected chi connectivity index (χ3v) is 4.38. The molecule has 1 fully saturated rings. The number of amides is 1. The van der Waals surface area contributed by atoms with E-state index in [1.54, 1.807) is 6.92 Å². The van der Waals surface area contributed by atoms with Crippen molar-refractivity contribution in [3.63, 3.8) is 0 Å². The lowest BCUT2D eigenvalue weighted by atomic mass is 9.96. The Kier molecular flexibility index (Phi) is 5.52. The first-order chi connectivity index (χ1) is 10.5. The van der Waals surface area contributed by atoms with E-state index in [0.29, 0.717) is 18.3 Å². The lowest BCUT2D eigenvalue weighted by molar-refractivity contribution is -0.124. The molecule has 1 aliphatic rings. The summed E-state index contributed by atoms with van der Waals surface area (Å²) >= 11 is 0. The normalized spacial score (nSPS) is 18.6. The molecule has 3 N–H and O–H groups in total. The second-order valence-electron chi connectivity index (χ2n) is 6.04. The molecule has 1 unspecified atom stereocenters. The minimum atomic E-state index is -0.542. The van der Waals surface area contributed by atoms with E-state index in [1.165, 1.54) is 0 Å². The molecule has 0 saturated heterocycles. The Morgan fingerprint density at radius 2 is 2.05 bits per heavy atom. The number of nitrogens with zero attached hydrogens (tertiary/aromatic N) is 3. The van der Waals surface area contributed by atoms with Crippen LogP contribution in [0.25, 0.3) is 0 Å². The number of carbonyl (C=O) groups is 1. The highest BCUT2D eigenvalue weighted by molar-refractivity contribution is 5.81. The molecule has 0 aliphatic heterocycles. The van der Waals surface area contributed by atoms with Crippen molar-refractivity contribution < 1.29 is 9.32 Å². The van der Waals surface area contributed by atoms with Crippen LogP contribution in [-0.2, 0) is 16.9 Å². The largest absolute Gasteiger partial charge is 0.342 e. The highest BCUT2D eigenvalue weighted by atomic mass is 16.5. The van der Waals surface area contributed by atoms with Crippen molar-refractivity contribution in [2.24, 2.45) is 5.73 Å². The summed E-state index contributed by atoms with van der Waals surface area (Å²) in [4.78, 5) is 18.8. The molecule has 0 bridgehead atoms. The fraction of sp³-hybridized carbons (Fsp3) is 0.800. The van der Waals surface area contributed by atoms with Crippen LogP contribution in [0.4, 0.5) is 0 Å². The Bertz CT molecular complexity index is 490. The molecule has 124 valence electrons. The number of nitrogens with one attached hydrogen (secondary N) is 1. The van der Waals surface area contributed by atoms with Gasteiger partial charge in [0.1, 0.15) is 5.54 Å². The monoisotopic (exact) mass is 309 g/mol. The van der Waals surface area contributed by atoms with Crippen LogP contribution in [0, 0.1) is 0 Å². The molecule has 0 aromatic carbocycles. The molecule has 1 heterocycles. The molecule has 2 rings (SSSR count). The molecule has 1 saturated carbocycles.